The lowest BCUT2D eigenvalue weighted by Gasteiger charge is -2.29. The molecule has 0 amide bonds. The Morgan fingerprint density at radius 1 is 1.12 bits per heavy atom. The summed E-state index contributed by atoms with van der Waals surface area (Å²) in [6.07, 6.45) is 6.29. The summed E-state index contributed by atoms with van der Waals surface area (Å²) in [5, 5.41) is 3.27. The summed E-state index contributed by atoms with van der Waals surface area (Å²) in [6.45, 7) is 1.90. The summed E-state index contributed by atoms with van der Waals surface area (Å²) in [4.78, 5) is 12.0. The van der Waals surface area contributed by atoms with E-state index in [-0.39, 0.29) is 18.0 Å². The van der Waals surface area contributed by atoms with Crippen LogP contribution in [0.4, 0.5) is 0 Å². The molecule has 1 heterocycles. The summed E-state index contributed by atoms with van der Waals surface area (Å²) in [7, 11) is 0. The third-order valence-corrected chi connectivity index (χ3v) is 4.66. The van der Waals surface area contributed by atoms with E-state index in [0.717, 1.165) is 51.6 Å². The Bertz CT molecular complexity index is 249. The van der Waals surface area contributed by atoms with Gasteiger partial charge in [-0.2, -0.15) is 0 Å². The minimum absolute atomic E-state index is 0.0392. The van der Waals surface area contributed by atoms with E-state index in [1.165, 1.54) is 0 Å². The average Bonchev–Trinajstić information content (AvgIpc) is 2.40. The summed E-state index contributed by atoms with van der Waals surface area (Å²) in [5.41, 5.74) is 0. The molecule has 17 heavy (non-hydrogen) atoms. The van der Waals surface area contributed by atoms with Crippen molar-refractivity contribution in [1.82, 2.24) is 8.85 Å². The first-order chi connectivity index (χ1) is 8.29. The largest absolute Gasteiger partial charge is 0.462 e. The monoisotopic (exact) mass is 352 g/mol. The highest BCUT2D eigenvalue weighted by Crippen LogP contribution is 2.24. The molecule has 4 nitrogen and oxygen atoms in total. The number of rotatable bonds is 3. The van der Waals surface area contributed by atoms with Crippen molar-refractivity contribution >= 4 is 28.8 Å². The van der Waals surface area contributed by atoms with E-state index in [2.05, 4.69) is 31.7 Å². The fraction of sp³-hybridized carbons (Fsp3) is 0.917. The molecule has 0 aromatic heterocycles. The summed E-state index contributed by atoms with van der Waals surface area (Å²) < 4.78 is 8.89. The van der Waals surface area contributed by atoms with Gasteiger partial charge in [0.05, 0.1) is 5.92 Å². The van der Waals surface area contributed by atoms with Crippen LogP contribution in [0.25, 0.3) is 0 Å². The predicted octanol–water partition coefficient (Wildman–Crippen LogP) is 1.78. The summed E-state index contributed by atoms with van der Waals surface area (Å²) >= 11 is 2.21. The Morgan fingerprint density at radius 3 is 2.35 bits per heavy atom. The molecule has 2 N–H and O–H groups in total. The highest BCUT2D eigenvalue weighted by atomic mass is 127. The molecule has 1 saturated carbocycles. The Labute approximate surface area is 117 Å². The van der Waals surface area contributed by atoms with Gasteiger partial charge in [0.15, 0.2) is 0 Å². The molecule has 0 aromatic rings. The van der Waals surface area contributed by atoms with Crippen LogP contribution >= 0.6 is 22.9 Å². The lowest BCUT2D eigenvalue weighted by Crippen LogP contribution is -2.36. The third kappa shape index (κ3) is 4.06. The van der Waals surface area contributed by atoms with Crippen molar-refractivity contribution in [2.24, 2.45) is 5.92 Å². The van der Waals surface area contributed by atoms with Crippen molar-refractivity contribution in [3.63, 3.8) is 0 Å². The summed E-state index contributed by atoms with van der Waals surface area (Å²) in [6, 6.07) is 0.601. The highest BCUT2D eigenvalue weighted by molar-refractivity contribution is 14.1. The molecular formula is C12H21IN2O2. The number of carbonyl (C=O) groups is 1. The lowest BCUT2D eigenvalue weighted by molar-refractivity contribution is -0.156. The van der Waals surface area contributed by atoms with Crippen molar-refractivity contribution in [2.75, 3.05) is 13.1 Å². The van der Waals surface area contributed by atoms with Crippen LogP contribution in [0.5, 0.6) is 0 Å². The van der Waals surface area contributed by atoms with Crippen LogP contribution in [0.3, 0.4) is 0 Å². The second-order valence-corrected chi connectivity index (χ2v) is 5.67. The number of halogens is 1. The number of esters is 1. The first-order valence-electron chi connectivity index (χ1n) is 6.57. The molecule has 1 aliphatic heterocycles. The number of hydrogen-bond acceptors (Lipinski definition) is 4. The van der Waals surface area contributed by atoms with E-state index in [1.54, 1.807) is 0 Å². The number of piperidine rings is 1. The Hall–Kier alpha value is 0.120. The second kappa shape index (κ2) is 6.89. The van der Waals surface area contributed by atoms with Crippen molar-refractivity contribution < 1.29 is 9.53 Å². The van der Waals surface area contributed by atoms with Crippen molar-refractivity contribution in [1.29, 1.82) is 0 Å². The zero-order chi connectivity index (χ0) is 12.1. The molecule has 0 unspecified atom stereocenters. The number of hydrogen-bond donors (Lipinski definition) is 2. The van der Waals surface area contributed by atoms with Gasteiger partial charge in [-0.3, -0.25) is 8.32 Å². The van der Waals surface area contributed by atoms with Crippen LogP contribution < -0.4 is 8.85 Å². The van der Waals surface area contributed by atoms with E-state index >= 15 is 0 Å². The Balaban J connectivity index is 1.71. The van der Waals surface area contributed by atoms with E-state index in [4.69, 9.17) is 4.74 Å². The topological polar surface area (TPSA) is 50.4 Å². The van der Waals surface area contributed by atoms with Gasteiger partial charge in [0.1, 0.15) is 6.10 Å². The van der Waals surface area contributed by atoms with E-state index in [9.17, 15) is 4.79 Å². The third-order valence-electron chi connectivity index (χ3n) is 3.78. The zero-order valence-electron chi connectivity index (χ0n) is 10.1. The second-order valence-electron chi connectivity index (χ2n) is 5.04. The highest BCUT2D eigenvalue weighted by Gasteiger charge is 2.27. The first kappa shape index (κ1) is 13.5. The number of nitrogens with one attached hydrogen (secondary N) is 2. The van der Waals surface area contributed by atoms with Crippen LogP contribution in [0, 0.1) is 5.92 Å². The van der Waals surface area contributed by atoms with Crippen LogP contribution in [0.2, 0.25) is 0 Å². The minimum Gasteiger partial charge on any atom is -0.462 e. The van der Waals surface area contributed by atoms with E-state index in [1.807, 2.05) is 0 Å². The lowest BCUT2D eigenvalue weighted by atomic mass is 9.93. The quantitative estimate of drug-likeness (QED) is 0.462. The molecule has 1 saturated heterocycles. The van der Waals surface area contributed by atoms with Crippen molar-refractivity contribution in [3.8, 4) is 0 Å². The number of ether oxygens (including phenoxy) is 1. The first-order valence-corrected chi connectivity index (χ1v) is 7.65. The SMILES string of the molecule is O=C(OC1CCC(NI)CC1)C1CCNCC1. The van der Waals surface area contributed by atoms with Gasteiger partial charge in [-0.25, -0.2) is 0 Å². The molecule has 0 spiro atoms. The van der Waals surface area contributed by atoms with Gasteiger partial charge in [0.2, 0.25) is 0 Å². The maximum Gasteiger partial charge on any atom is 0.309 e. The van der Waals surface area contributed by atoms with Gasteiger partial charge < -0.3 is 10.1 Å². The van der Waals surface area contributed by atoms with E-state index < -0.39 is 0 Å². The van der Waals surface area contributed by atoms with Gasteiger partial charge in [-0.05, 0) is 51.6 Å². The standard InChI is InChI=1S/C12H21IN2O2/c13-15-10-1-3-11(4-2-10)17-12(16)9-5-7-14-8-6-9/h9-11,14-15H,1-8H2. The van der Waals surface area contributed by atoms with Gasteiger partial charge in [-0.15, -0.1) is 0 Å². The molecule has 0 atom stereocenters. The van der Waals surface area contributed by atoms with Crippen LogP contribution in [0.15, 0.2) is 0 Å². The maximum atomic E-state index is 12.0. The van der Waals surface area contributed by atoms with E-state index in [0.29, 0.717) is 6.04 Å². The smallest absolute Gasteiger partial charge is 0.309 e. The van der Waals surface area contributed by atoms with Gasteiger partial charge in [-0.1, -0.05) is 0 Å². The predicted molar refractivity (Wildman–Crippen MR) is 74.9 cm³/mol. The van der Waals surface area contributed by atoms with Crippen molar-refractivity contribution in [2.45, 2.75) is 50.7 Å². The van der Waals surface area contributed by atoms with Crippen molar-refractivity contribution in [3.05, 3.63) is 0 Å². The Morgan fingerprint density at radius 2 is 1.76 bits per heavy atom. The van der Waals surface area contributed by atoms with Gasteiger partial charge in [0, 0.05) is 28.9 Å². The molecular weight excluding hydrogens is 331 g/mol. The van der Waals surface area contributed by atoms with Crippen LogP contribution in [0.1, 0.15) is 38.5 Å². The molecule has 1 aliphatic carbocycles. The molecule has 0 aromatic carbocycles. The van der Waals surface area contributed by atoms with Gasteiger partial charge in [0.25, 0.3) is 0 Å². The van der Waals surface area contributed by atoms with Gasteiger partial charge >= 0.3 is 5.97 Å². The fourth-order valence-corrected chi connectivity index (χ4v) is 3.23. The molecule has 2 rings (SSSR count). The molecule has 98 valence electrons. The Kier molecular flexibility index (Phi) is 5.49. The molecule has 2 aliphatic rings. The normalized spacial score (nSPS) is 31.1. The molecule has 5 heteroatoms. The van der Waals surface area contributed by atoms with Crippen LogP contribution in [-0.4, -0.2) is 31.2 Å². The molecule has 2 fully saturated rings. The summed E-state index contributed by atoms with van der Waals surface area (Å²) in [5.74, 6) is 0.175. The minimum atomic E-state index is 0.0392. The maximum absolute atomic E-state index is 12.0. The fourth-order valence-electron chi connectivity index (χ4n) is 2.61. The van der Waals surface area contributed by atoms with Crippen LogP contribution in [-0.2, 0) is 9.53 Å². The molecule has 0 radical (unpaired) electrons. The average molecular weight is 352 g/mol. The number of carbonyl (C=O) groups excluding carboxylic acids is 1. The molecule has 0 bridgehead atoms. The zero-order valence-corrected chi connectivity index (χ0v) is 12.2.